The highest BCUT2D eigenvalue weighted by Gasteiger charge is 2.39. The lowest BCUT2D eigenvalue weighted by Crippen LogP contribution is -2.56. The topological polar surface area (TPSA) is 48.0 Å². The first-order valence-electron chi connectivity index (χ1n) is 9.95. The molecule has 0 aliphatic carbocycles. The van der Waals surface area contributed by atoms with Crippen LogP contribution in [-0.2, 0) is 4.74 Å². The van der Waals surface area contributed by atoms with Gasteiger partial charge in [0.2, 0.25) is 0 Å². The van der Waals surface area contributed by atoms with Gasteiger partial charge in [-0.1, -0.05) is 6.92 Å². The Labute approximate surface area is 164 Å². The number of aromatic nitrogens is 2. The van der Waals surface area contributed by atoms with Crippen molar-refractivity contribution in [2.75, 3.05) is 77.8 Å². The highest BCUT2D eigenvalue weighted by atomic mass is 16.5. The molecule has 0 N–H and O–H groups in total. The SMILES string of the molecule is CO[C@H]1C[C@@H](CN(C)C)N(c2cc(N3CC(C)(CCN(C)C)C3)ncn2)C1. The summed E-state index contributed by atoms with van der Waals surface area (Å²) in [6.45, 7) is 7.55. The molecule has 0 aromatic carbocycles. The molecular formula is C20H36N6O. The Hall–Kier alpha value is -1.44. The molecule has 0 bridgehead atoms. The first-order chi connectivity index (χ1) is 12.8. The zero-order valence-electron chi connectivity index (χ0n) is 17.9. The Morgan fingerprint density at radius 3 is 2.48 bits per heavy atom. The van der Waals surface area contributed by atoms with Gasteiger partial charge in [-0.25, -0.2) is 9.97 Å². The van der Waals surface area contributed by atoms with Crippen molar-refractivity contribution in [3.8, 4) is 0 Å². The molecule has 3 heterocycles. The molecule has 0 radical (unpaired) electrons. The monoisotopic (exact) mass is 376 g/mol. The van der Waals surface area contributed by atoms with E-state index < -0.39 is 0 Å². The van der Waals surface area contributed by atoms with Crippen molar-refractivity contribution in [3.63, 3.8) is 0 Å². The van der Waals surface area contributed by atoms with E-state index in [2.05, 4.69) is 70.7 Å². The number of nitrogens with zero attached hydrogens (tertiary/aromatic N) is 6. The van der Waals surface area contributed by atoms with E-state index in [1.165, 1.54) is 6.42 Å². The molecule has 0 unspecified atom stereocenters. The van der Waals surface area contributed by atoms with E-state index in [1.54, 1.807) is 13.4 Å². The van der Waals surface area contributed by atoms with Gasteiger partial charge < -0.3 is 24.3 Å². The molecular weight excluding hydrogens is 340 g/mol. The van der Waals surface area contributed by atoms with E-state index in [0.717, 1.165) is 50.8 Å². The van der Waals surface area contributed by atoms with Crippen LogP contribution in [0.15, 0.2) is 12.4 Å². The second kappa shape index (κ2) is 8.29. The van der Waals surface area contributed by atoms with Gasteiger partial charge in [0.25, 0.3) is 0 Å². The van der Waals surface area contributed by atoms with E-state index in [1.807, 2.05) is 0 Å². The van der Waals surface area contributed by atoms with Gasteiger partial charge in [-0.3, -0.25) is 0 Å². The van der Waals surface area contributed by atoms with Crippen molar-refractivity contribution in [1.29, 1.82) is 0 Å². The van der Waals surface area contributed by atoms with Crippen molar-refractivity contribution in [3.05, 3.63) is 12.4 Å². The maximum atomic E-state index is 5.64. The van der Waals surface area contributed by atoms with Gasteiger partial charge in [0, 0.05) is 50.8 Å². The lowest BCUT2D eigenvalue weighted by atomic mass is 9.79. The molecule has 3 rings (SSSR count). The van der Waals surface area contributed by atoms with Gasteiger partial charge >= 0.3 is 0 Å². The average Bonchev–Trinajstić information content (AvgIpc) is 3.00. The molecule has 2 atom stereocenters. The van der Waals surface area contributed by atoms with Crippen LogP contribution in [0.25, 0.3) is 0 Å². The van der Waals surface area contributed by atoms with Crippen LogP contribution in [0.2, 0.25) is 0 Å². The first kappa shape index (κ1) is 20.3. The first-order valence-corrected chi connectivity index (χ1v) is 9.95. The number of methoxy groups -OCH3 is 1. The molecule has 7 nitrogen and oxygen atoms in total. The Balaban J connectivity index is 1.67. The summed E-state index contributed by atoms with van der Waals surface area (Å²) in [6, 6.07) is 2.58. The third-order valence-electron chi connectivity index (χ3n) is 5.85. The van der Waals surface area contributed by atoms with Crippen LogP contribution >= 0.6 is 0 Å². The molecule has 2 fully saturated rings. The summed E-state index contributed by atoms with van der Waals surface area (Å²) in [5, 5.41) is 0. The number of hydrogen-bond acceptors (Lipinski definition) is 7. The number of hydrogen-bond donors (Lipinski definition) is 0. The molecule has 2 aliphatic heterocycles. The van der Waals surface area contributed by atoms with Gasteiger partial charge in [0.05, 0.1) is 6.10 Å². The number of rotatable bonds is 8. The zero-order chi connectivity index (χ0) is 19.6. The van der Waals surface area contributed by atoms with Crippen molar-refractivity contribution in [2.24, 2.45) is 5.41 Å². The van der Waals surface area contributed by atoms with Crippen LogP contribution in [0.4, 0.5) is 11.6 Å². The van der Waals surface area contributed by atoms with Crippen LogP contribution in [0, 0.1) is 5.41 Å². The molecule has 7 heteroatoms. The van der Waals surface area contributed by atoms with Gasteiger partial charge in [-0.15, -0.1) is 0 Å². The molecule has 0 amide bonds. The highest BCUT2D eigenvalue weighted by Crippen LogP contribution is 2.37. The Bertz CT molecular complexity index is 616. The minimum Gasteiger partial charge on any atom is -0.380 e. The zero-order valence-corrected chi connectivity index (χ0v) is 17.9. The molecule has 152 valence electrons. The quantitative estimate of drug-likeness (QED) is 0.680. The maximum Gasteiger partial charge on any atom is 0.134 e. The number of ether oxygens (including phenoxy) is 1. The van der Waals surface area contributed by atoms with Crippen molar-refractivity contribution >= 4 is 11.6 Å². The maximum absolute atomic E-state index is 5.64. The fourth-order valence-electron chi connectivity index (χ4n) is 4.28. The van der Waals surface area contributed by atoms with Crippen molar-refractivity contribution in [1.82, 2.24) is 19.8 Å². The smallest absolute Gasteiger partial charge is 0.134 e. The fraction of sp³-hybridized carbons (Fsp3) is 0.800. The summed E-state index contributed by atoms with van der Waals surface area (Å²) in [6.07, 6.45) is 4.25. The van der Waals surface area contributed by atoms with Crippen LogP contribution in [0.5, 0.6) is 0 Å². The minimum atomic E-state index is 0.270. The summed E-state index contributed by atoms with van der Waals surface area (Å²) < 4.78 is 5.64. The summed E-state index contributed by atoms with van der Waals surface area (Å²) in [5.41, 5.74) is 0.387. The molecule has 0 spiro atoms. The summed E-state index contributed by atoms with van der Waals surface area (Å²) >= 11 is 0. The van der Waals surface area contributed by atoms with Crippen molar-refractivity contribution < 1.29 is 4.74 Å². The third-order valence-corrected chi connectivity index (χ3v) is 5.85. The Morgan fingerprint density at radius 1 is 1.15 bits per heavy atom. The predicted molar refractivity (Wildman–Crippen MR) is 111 cm³/mol. The van der Waals surface area contributed by atoms with Crippen LogP contribution < -0.4 is 9.80 Å². The van der Waals surface area contributed by atoms with Crippen LogP contribution in [0.1, 0.15) is 19.8 Å². The molecule has 1 aromatic rings. The lowest BCUT2D eigenvalue weighted by molar-refractivity contribution is 0.117. The number of anilines is 2. The lowest BCUT2D eigenvalue weighted by Gasteiger charge is -2.49. The van der Waals surface area contributed by atoms with Gasteiger partial charge in [0.1, 0.15) is 18.0 Å². The van der Waals surface area contributed by atoms with E-state index in [0.29, 0.717) is 11.5 Å². The van der Waals surface area contributed by atoms with E-state index >= 15 is 0 Å². The molecule has 2 aliphatic rings. The third kappa shape index (κ3) is 4.89. The second-order valence-electron chi connectivity index (χ2n) is 9.12. The van der Waals surface area contributed by atoms with Crippen LogP contribution in [-0.4, -0.2) is 99.9 Å². The molecule has 0 saturated carbocycles. The van der Waals surface area contributed by atoms with Gasteiger partial charge in [0.15, 0.2) is 0 Å². The molecule has 2 saturated heterocycles. The summed E-state index contributed by atoms with van der Waals surface area (Å²) in [4.78, 5) is 18.4. The van der Waals surface area contributed by atoms with E-state index in [-0.39, 0.29) is 6.10 Å². The van der Waals surface area contributed by atoms with Crippen molar-refractivity contribution in [2.45, 2.75) is 31.9 Å². The second-order valence-corrected chi connectivity index (χ2v) is 9.12. The molecule has 1 aromatic heterocycles. The van der Waals surface area contributed by atoms with E-state index in [9.17, 15) is 0 Å². The van der Waals surface area contributed by atoms with E-state index in [4.69, 9.17) is 4.74 Å². The minimum absolute atomic E-state index is 0.270. The largest absolute Gasteiger partial charge is 0.380 e. The summed E-state index contributed by atoms with van der Waals surface area (Å²) in [5.74, 6) is 2.07. The fourth-order valence-corrected chi connectivity index (χ4v) is 4.28. The van der Waals surface area contributed by atoms with Gasteiger partial charge in [-0.05, 0) is 47.6 Å². The van der Waals surface area contributed by atoms with Gasteiger partial charge in [-0.2, -0.15) is 0 Å². The normalized spacial score (nSPS) is 24.7. The Morgan fingerprint density at radius 2 is 1.85 bits per heavy atom. The Kier molecular flexibility index (Phi) is 6.23. The molecule has 27 heavy (non-hydrogen) atoms. The predicted octanol–water partition coefficient (Wildman–Crippen LogP) is 1.41. The number of likely N-dealkylation sites (N-methyl/N-ethyl adjacent to an activating group) is 1. The highest BCUT2D eigenvalue weighted by molar-refractivity contribution is 5.53. The average molecular weight is 377 g/mol. The van der Waals surface area contributed by atoms with Crippen LogP contribution in [0.3, 0.4) is 0 Å². The summed E-state index contributed by atoms with van der Waals surface area (Å²) in [7, 11) is 10.3. The standard InChI is InChI=1S/C20H36N6O/c1-20(7-8-23(2)3)13-25(14-20)18-10-19(22-15-21-18)26-12-17(27-6)9-16(26)11-24(4)5/h10,15-17H,7-9,11-14H2,1-6H3/t16-,17-/m0/s1.